The zero-order valence-corrected chi connectivity index (χ0v) is 13.6. The van der Waals surface area contributed by atoms with Crippen molar-refractivity contribution in [3.05, 3.63) is 48.3 Å². The molecule has 2 aromatic rings. The van der Waals surface area contributed by atoms with Crippen LogP contribution in [-0.2, 0) is 0 Å². The summed E-state index contributed by atoms with van der Waals surface area (Å²) in [6, 6.07) is 9.71. The van der Waals surface area contributed by atoms with Crippen molar-refractivity contribution < 1.29 is 0 Å². The second-order valence-electron chi connectivity index (χ2n) is 3.89. The molecular weight excluding hydrogens is 260 g/mol. The fourth-order valence-corrected chi connectivity index (χ4v) is 1.54. The minimum atomic E-state index is 0.711. The van der Waals surface area contributed by atoms with Crippen LogP contribution in [0.5, 0.6) is 0 Å². The molecule has 0 atom stereocenters. The third kappa shape index (κ3) is 7.11. The monoisotopic (exact) mass is 286 g/mol. The average molecular weight is 286 g/mol. The fourth-order valence-electron chi connectivity index (χ4n) is 1.54. The molecule has 0 bridgehead atoms. The summed E-state index contributed by atoms with van der Waals surface area (Å²) in [6.45, 7) is 7.98. The predicted molar refractivity (Wildman–Crippen MR) is 94.5 cm³/mol. The quantitative estimate of drug-likeness (QED) is 0.802. The lowest BCUT2D eigenvalue weighted by Gasteiger charge is -2.06. The first-order chi connectivity index (χ1) is 10.2. The van der Waals surface area contributed by atoms with Gasteiger partial charge in [-0.1, -0.05) is 26.0 Å². The van der Waals surface area contributed by atoms with Gasteiger partial charge in [0.2, 0.25) is 0 Å². The summed E-state index contributed by atoms with van der Waals surface area (Å²) in [4.78, 5) is 8.05. The average Bonchev–Trinajstić information content (AvgIpc) is 2.53. The van der Waals surface area contributed by atoms with Crippen LogP contribution in [0.2, 0.25) is 0 Å². The molecule has 4 heteroatoms. The van der Waals surface area contributed by atoms with Gasteiger partial charge < -0.3 is 11.1 Å². The van der Waals surface area contributed by atoms with Crippen molar-refractivity contribution in [3.63, 3.8) is 0 Å². The summed E-state index contributed by atoms with van der Waals surface area (Å²) < 4.78 is 0. The van der Waals surface area contributed by atoms with E-state index in [-0.39, 0.29) is 0 Å². The van der Waals surface area contributed by atoms with Crippen LogP contribution in [0.3, 0.4) is 0 Å². The largest absolute Gasteiger partial charge is 0.397 e. The lowest BCUT2D eigenvalue weighted by molar-refractivity contribution is 1.33. The molecule has 0 spiro atoms. The zero-order valence-electron chi connectivity index (χ0n) is 13.6. The van der Waals surface area contributed by atoms with E-state index in [0.717, 1.165) is 11.4 Å². The number of hydrogen-bond donors (Lipinski definition) is 2. The number of benzene rings is 1. The molecule has 0 saturated carbocycles. The molecule has 0 saturated heterocycles. The number of nitrogens with one attached hydrogen (secondary N) is 1. The smallest absolute Gasteiger partial charge is 0.0885 e. The molecule has 0 aliphatic heterocycles. The molecule has 0 aliphatic carbocycles. The number of para-hydroxylation sites is 1. The van der Waals surface area contributed by atoms with Gasteiger partial charge >= 0.3 is 0 Å². The summed E-state index contributed by atoms with van der Waals surface area (Å²) in [6.07, 6.45) is 5.11. The lowest BCUT2D eigenvalue weighted by Crippen LogP contribution is -1.89. The van der Waals surface area contributed by atoms with Gasteiger partial charge in [-0.05, 0) is 37.6 Å². The number of nitrogens with zero attached hydrogens (tertiary/aromatic N) is 2. The van der Waals surface area contributed by atoms with Gasteiger partial charge in [-0.25, -0.2) is 0 Å². The van der Waals surface area contributed by atoms with E-state index in [4.69, 9.17) is 5.73 Å². The maximum absolute atomic E-state index is 5.30. The van der Waals surface area contributed by atoms with Crippen LogP contribution in [-0.4, -0.2) is 18.2 Å². The van der Waals surface area contributed by atoms with Crippen LogP contribution < -0.4 is 11.1 Å². The highest BCUT2D eigenvalue weighted by atomic mass is 14.9. The third-order valence-corrected chi connectivity index (χ3v) is 2.45. The van der Waals surface area contributed by atoms with Crippen molar-refractivity contribution in [1.29, 1.82) is 0 Å². The highest BCUT2D eigenvalue weighted by Crippen LogP contribution is 2.27. The van der Waals surface area contributed by atoms with Crippen molar-refractivity contribution in [2.45, 2.75) is 27.7 Å². The molecule has 0 unspecified atom stereocenters. The third-order valence-electron chi connectivity index (χ3n) is 2.45. The number of aromatic nitrogens is 1. The second-order valence-corrected chi connectivity index (χ2v) is 3.89. The second kappa shape index (κ2) is 11.5. The number of hydrogen-bond acceptors (Lipinski definition) is 4. The van der Waals surface area contributed by atoms with E-state index in [9.17, 15) is 0 Å². The molecule has 1 aromatic carbocycles. The highest BCUT2D eigenvalue weighted by Gasteiger charge is 1.99. The van der Waals surface area contributed by atoms with Crippen LogP contribution in [0.15, 0.2) is 47.7 Å². The van der Waals surface area contributed by atoms with Crippen LogP contribution in [0.4, 0.5) is 17.1 Å². The van der Waals surface area contributed by atoms with Gasteiger partial charge in [0.05, 0.1) is 17.1 Å². The topological polar surface area (TPSA) is 63.3 Å². The Balaban J connectivity index is 0.000000377. The minimum Gasteiger partial charge on any atom is -0.397 e. The van der Waals surface area contributed by atoms with Crippen LogP contribution in [0.1, 0.15) is 26.3 Å². The first kappa shape index (κ1) is 18.6. The number of rotatable bonds is 2. The van der Waals surface area contributed by atoms with Crippen molar-refractivity contribution in [1.82, 2.24) is 4.98 Å². The minimum absolute atomic E-state index is 0.711. The Morgan fingerprint density at radius 3 is 2.33 bits per heavy atom. The molecule has 2 rings (SSSR count). The van der Waals surface area contributed by atoms with E-state index in [1.54, 1.807) is 24.5 Å². The van der Waals surface area contributed by atoms with Gasteiger partial charge in [-0.3, -0.25) is 9.98 Å². The van der Waals surface area contributed by atoms with E-state index in [1.807, 2.05) is 46.2 Å². The van der Waals surface area contributed by atoms with E-state index in [1.165, 1.54) is 5.56 Å². The van der Waals surface area contributed by atoms with Crippen molar-refractivity contribution in [3.8, 4) is 0 Å². The van der Waals surface area contributed by atoms with Crippen LogP contribution in [0.25, 0.3) is 0 Å². The summed E-state index contributed by atoms with van der Waals surface area (Å²) in [5.41, 5.74) is 9.31. The Kier molecular flexibility index (Phi) is 10.2. The number of aryl methyl sites for hydroxylation is 1. The molecule has 0 fully saturated rings. The molecule has 0 amide bonds. The number of pyridine rings is 1. The zero-order chi connectivity index (χ0) is 16.1. The predicted octanol–water partition coefficient (Wildman–Crippen LogP) is 4.45. The summed E-state index contributed by atoms with van der Waals surface area (Å²) in [5.74, 6) is 0. The normalized spacial score (nSPS) is 9.19. The molecular formula is C17H26N4. The van der Waals surface area contributed by atoms with E-state index in [2.05, 4.69) is 28.3 Å². The first-order valence-corrected chi connectivity index (χ1v) is 7.10. The number of nitrogen functional groups attached to an aromatic ring is 1. The molecule has 1 aromatic heterocycles. The van der Waals surface area contributed by atoms with Crippen LogP contribution in [0, 0.1) is 6.92 Å². The molecule has 0 radical (unpaired) electrons. The molecule has 3 N–H and O–H groups in total. The number of nitrogens with two attached hydrogens (primary N) is 1. The lowest BCUT2D eigenvalue weighted by atomic mass is 10.2. The van der Waals surface area contributed by atoms with E-state index in [0.29, 0.717) is 5.69 Å². The first-order valence-electron chi connectivity index (χ1n) is 7.10. The van der Waals surface area contributed by atoms with Gasteiger partial charge in [-0.2, -0.15) is 0 Å². The van der Waals surface area contributed by atoms with Gasteiger partial charge in [-0.15, -0.1) is 0 Å². The summed E-state index contributed by atoms with van der Waals surface area (Å²) >= 11 is 0. The Hall–Kier alpha value is -2.36. The Morgan fingerprint density at radius 2 is 1.90 bits per heavy atom. The highest BCUT2D eigenvalue weighted by molar-refractivity contribution is 5.74. The Bertz CT molecular complexity index is 522. The van der Waals surface area contributed by atoms with Crippen molar-refractivity contribution in [2.75, 3.05) is 18.1 Å². The molecule has 4 nitrogen and oxygen atoms in total. The maximum Gasteiger partial charge on any atom is 0.0885 e. The van der Waals surface area contributed by atoms with Gasteiger partial charge in [0.15, 0.2) is 0 Å². The van der Waals surface area contributed by atoms with E-state index >= 15 is 0 Å². The van der Waals surface area contributed by atoms with Gasteiger partial charge in [0, 0.05) is 25.7 Å². The maximum atomic E-state index is 5.30. The summed E-state index contributed by atoms with van der Waals surface area (Å²) in [5, 5.41) is 3.11. The standard InChI is InChI=1S/C10H14N2.C5H6N2.C2H6/c1-4-12-10-8(2)6-5-7-9(10)11-3;6-5-2-1-3-7-4-5;1-2/h4-7,11H,1-3H3;1-4H,6H2;1-2H3. The number of anilines is 2. The van der Waals surface area contributed by atoms with Crippen molar-refractivity contribution >= 4 is 23.3 Å². The molecule has 0 aliphatic rings. The van der Waals surface area contributed by atoms with Gasteiger partial charge in [0.25, 0.3) is 0 Å². The van der Waals surface area contributed by atoms with E-state index < -0.39 is 0 Å². The summed E-state index contributed by atoms with van der Waals surface area (Å²) in [7, 11) is 1.91. The fraction of sp³-hybridized carbons (Fsp3) is 0.294. The Morgan fingerprint density at radius 1 is 1.19 bits per heavy atom. The van der Waals surface area contributed by atoms with Crippen molar-refractivity contribution in [2.24, 2.45) is 4.99 Å². The Labute approximate surface area is 128 Å². The molecule has 114 valence electrons. The van der Waals surface area contributed by atoms with Gasteiger partial charge in [0.1, 0.15) is 0 Å². The SMILES string of the molecule is CC.CC=Nc1c(C)cccc1NC.Nc1cccnc1. The molecule has 1 heterocycles. The number of aliphatic imine (C=N–C) groups is 1. The molecule has 21 heavy (non-hydrogen) atoms. The van der Waals surface area contributed by atoms with Crippen LogP contribution >= 0.6 is 0 Å².